The van der Waals surface area contributed by atoms with Gasteiger partial charge in [0.25, 0.3) is 5.91 Å². The Morgan fingerprint density at radius 3 is 2.94 bits per heavy atom. The van der Waals surface area contributed by atoms with Gasteiger partial charge >= 0.3 is 0 Å². The predicted octanol–water partition coefficient (Wildman–Crippen LogP) is 1.92. The van der Waals surface area contributed by atoms with E-state index in [0.717, 1.165) is 6.07 Å². The van der Waals surface area contributed by atoms with Gasteiger partial charge < -0.3 is 11.1 Å². The van der Waals surface area contributed by atoms with Crippen LogP contribution < -0.4 is 11.1 Å². The molecule has 0 saturated heterocycles. The van der Waals surface area contributed by atoms with Crippen molar-refractivity contribution >= 4 is 27.5 Å². The molecule has 0 aliphatic rings. The van der Waals surface area contributed by atoms with E-state index in [1.807, 2.05) is 0 Å². The van der Waals surface area contributed by atoms with Crippen molar-refractivity contribution in [2.24, 2.45) is 0 Å². The van der Waals surface area contributed by atoms with Crippen LogP contribution in [0.15, 0.2) is 16.6 Å². The summed E-state index contributed by atoms with van der Waals surface area (Å²) in [5.74, 6) is 1.50. The summed E-state index contributed by atoms with van der Waals surface area (Å²) in [6.45, 7) is 0.374. The third-order valence-electron chi connectivity index (χ3n) is 1.89. The second-order valence-corrected chi connectivity index (χ2v) is 3.92. The van der Waals surface area contributed by atoms with Crippen molar-refractivity contribution in [2.75, 3.05) is 12.3 Å². The molecule has 84 valence electrons. The Morgan fingerprint density at radius 2 is 2.31 bits per heavy atom. The fourth-order valence-electron chi connectivity index (χ4n) is 1.08. The van der Waals surface area contributed by atoms with Gasteiger partial charge in [-0.05, 0) is 28.1 Å². The molecule has 3 N–H and O–H groups in total. The average Bonchev–Trinajstić information content (AvgIpc) is 2.23. The molecule has 1 aromatic rings. The van der Waals surface area contributed by atoms with E-state index in [1.165, 1.54) is 6.07 Å². The molecule has 0 saturated carbocycles. The highest BCUT2D eigenvalue weighted by atomic mass is 79.9. The predicted molar refractivity (Wildman–Crippen MR) is 64.3 cm³/mol. The number of anilines is 1. The van der Waals surface area contributed by atoms with Gasteiger partial charge in [-0.15, -0.1) is 12.3 Å². The normalized spacial score (nSPS) is 9.56. The molecule has 1 aromatic carbocycles. The molecule has 16 heavy (non-hydrogen) atoms. The number of hydrogen-bond donors (Lipinski definition) is 2. The fraction of sp³-hybridized carbons (Fsp3) is 0.182. The van der Waals surface area contributed by atoms with Crippen molar-refractivity contribution in [3.05, 3.63) is 28.0 Å². The summed E-state index contributed by atoms with van der Waals surface area (Å²) >= 11 is 3.09. The number of rotatable bonds is 3. The average molecular weight is 285 g/mol. The Labute approximate surface area is 101 Å². The summed E-state index contributed by atoms with van der Waals surface area (Å²) in [5, 5.41) is 2.60. The molecular weight excluding hydrogens is 275 g/mol. The number of nitrogens with two attached hydrogens (primary N) is 1. The van der Waals surface area contributed by atoms with E-state index in [9.17, 15) is 9.18 Å². The zero-order valence-corrected chi connectivity index (χ0v) is 9.97. The highest BCUT2D eigenvalue weighted by Crippen LogP contribution is 2.22. The number of carbonyl (C=O) groups is 1. The van der Waals surface area contributed by atoms with Crippen molar-refractivity contribution in [2.45, 2.75) is 6.42 Å². The number of terminal acetylenes is 1. The summed E-state index contributed by atoms with van der Waals surface area (Å²) in [7, 11) is 0. The maximum Gasteiger partial charge on any atom is 0.252 e. The smallest absolute Gasteiger partial charge is 0.252 e. The lowest BCUT2D eigenvalue weighted by molar-refractivity contribution is 0.0954. The molecule has 0 radical (unpaired) electrons. The summed E-state index contributed by atoms with van der Waals surface area (Å²) in [6, 6.07) is 2.44. The van der Waals surface area contributed by atoms with Gasteiger partial charge in [0.05, 0.1) is 11.3 Å². The second kappa shape index (κ2) is 5.52. The van der Waals surface area contributed by atoms with Gasteiger partial charge in [0.15, 0.2) is 0 Å². The number of halogens is 2. The first-order valence-electron chi connectivity index (χ1n) is 4.52. The van der Waals surface area contributed by atoms with Crippen molar-refractivity contribution < 1.29 is 9.18 Å². The molecule has 0 aromatic heterocycles. The molecule has 0 aliphatic heterocycles. The number of hydrogen-bond acceptors (Lipinski definition) is 2. The van der Waals surface area contributed by atoms with E-state index in [4.69, 9.17) is 12.2 Å². The minimum Gasteiger partial charge on any atom is -0.396 e. The van der Waals surface area contributed by atoms with Crippen LogP contribution in [0.1, 0.15) is 16.8 Å². The molecule has 3 nitrogen and oxygen atoms in total. The summed E-state index contributed by atoms with van der Waals surface area (Å²) < 4.78 is 13.4. The first-order valence-corrected chi connectivity index (χ1v) is 5.31. The lowest BCUT2D eigenvalue weighted by Crippen LogP contribution is -2.24. The zero-order chi connectivity index (χ0) is 12.1. The van der Waals surface area contributed by atoms with Crippen molar-refractivity contribution in [3.8, 4) is 12.3 Å². The fourth-order valence-corrected chi connectivity index (χ4v) is 1.58. The largest absolute Gasteiger partial charge is 0.396 e. The topological polar surface area (TPSA) is 55.1 Å². The number of benzene rings is 1. The summed E-state index contributed by atoms with van der Waals surface area (Å²) in [4.78, 5) is 11.6. The van der Waals surface area contributed by atoms with Crippen molar-refractivity contribution in [3.63, 3.8) is 0 Å². The van der Waals surface area contributed by atoms with Gasteiger partial charge in [-0.2, -0.15) is 0 Å². The quantitative estimate of drug-likeness (QED) is 0.506. The van der Waals surface area contributed by atoms with Gasteiger partial charge in [-0.3, -0.25) is 4.79 Å². The second-order valence-electron chi connectivity index (χ2n) is 3.06. The van der Waals surface area contributed by atoms with Gasteiger partial charge in [0.2, 0.25) is 0 Å². The molecule has 0 bridgehead atoms. The van der Waals surface area contributed by atoms with E-state index in [2.05, 4.69) is 27.2 Å². The molecule has 0 spiro atoms. The third kappa shape index (κ3) is 2.97. The SMILES string of the molecule is C#CCCNC(=O)c1cc(N)c(F)cc1Br. The highest BCUT2D eigenvalue weighted by molar-refractivity contribution is 9.10. The summed E-state index contributed by atoms with van der Waals surface area (Å²) in [6.07, 6.45) is 5.49. The molecule has 0 aliphatic carbocycles. The van der Waals surface area contributed by atoms with E-state index in [0.29, 0.717) is 17.4 Å². The third-order valence-corrected chi connectivity index (χ3v) is 2.54. The number of amides is 1. The van der Waals surface area contributed by atoms with Crippen molar-refractivity contribution in [1.29, 1.82) is 0 Å². The first kappa shape index (κ1) is 12.5. The molecular formula is C11H10BrFN2O. The monoisotopic (exact) mass is 284 g/mol. The first-order chi connectivity index (χ1) is 7.56. The van der Waals surface area contributed by atoms with Crippen LogP contribution >= 0.6 is 15.9 Å². The lowest BCUT2D eigenvalue weighted by Gasteiger charge is -2.07. The van der Waals surface area contributed by atoms with Crippen molar-refractivity contribution in [1.82, 2.24) is 5.32 Å². The molecule has 0 atom stereocenters. The standard InChI is InChI=1S/C11H10BrFN2O/c1-2-3-4-15-11(16)7-5-10(14)9(13)6-8(7)12/h1,5-6H,3-4,14H2,(H,15,16). The maximum absolute atomic E-state index is 13.0. The minimum absolute atomic E-state index is 0.0645. The van der Waals surface area contributed by atoms with E-state index < -0.39 is 5.82 Å². The number of nitrogen functional groups attached to an aromatic ring is 1. The molecule has 0 heterocycles. The number of carbonyl (C=O) groups excluding carboxylic acids is 1. The molecule has 1 amide bonds. The van der Waals surface area contributed by atoms with Crippen LogP contribution in [-0.4, -0.2) is 12.5 Å². The van der Waals surface area contributed by atoms with Crippen LogP contribution in [-0.2, 0) is 0 Å². The lowest BCUT2D eigenvalue weighted by atomic mass is 10.2. The van der Waals surface area contributed by atoms with Gasteiger partial charge in [0, 0.05) is 17.4 Å². The Hall–Kier alpha value is -1.54. The molecule has 0 unspecified atom stereocenters. The Morgan fingerprint density at radius 1 is 1.62 bits per heavy atom. The van der Waals surface area contributed by atoms with Crippen LogP contribution in [0.2, 0.25) is 0 Å². The van der Waals surface area contributed by atoms with Crippen LogP contribution in [0.4, 0.5) is 10.1 Å². The van der Waals surface area contributed by atoms with Crippen LogP contribution in [0, 0.1) is 18.2 Å². The van der Waals surface area contributed by atoms with E-state index in [1.54, 1.807) is 0 Å². The van der Waals surface area contributed by atoms with Gasteiger partial charge in [-0.1, -0.05) is 0 Å². The van der Waals surface area contributed by atoms with Crippen LogP contribution in [0.25, 0.3) is 0 Å². The maximum atomic E-state index is 13.0. The molecule has 0 fully saturated rings. The van der Waals surface area contributed by atoms with Crippen LogP contribution in [0.3, 0.4) is 0 Å². The Kier molecular flexibility index (Phi) is 4.32. The molecule has 1 rings (SSSR count). The zero-order valence-electron chi connectivity index (χ0n) is 8.39. The van der Waals surface area contributed by atoms with Crippen LogP contribution in [0.5, 0.6) is 0 Å². The highest BCUT2D eigenvalue weighted by Gasteiger charge is 2.12. The summed E-state index contributed by atoms with van der Waals surface area (Å²) in [5.41, 5.74) is 5.60. The minimum atomic E-state index is -0.563. The number of nitrogens with one attached hydrogen (secondary N) is 1. The van der Waals surface area contributed by atoms with E-state index in [-0.39, 0.29) is 17.2 Å². The van der Waals surface area contributed by atoms with Gasteiger partial charge in [-0.25, -0.2) is 4.39 Å². The Balaban J connectivity index is 2.84. The van der Waals surface area contributed by atoms with Gasteiger partial charge in [0.1, 0.15) is 5.82 Å². The molecule has 5 heteroatoms. The van der Waals surface area contributed by atoms with E-state index >= 15 is 0 Å². The Bertz CT molecular complexity index is 454.